The Morgan fingerprint density at radius 2 is 2.24 bits per heavy atom. The second-order valence-corrected chi connectivity index (χ2v) is 6.01. The molecular weight excluding hydrogens is 392 g/mol. The third kappa shape index (κ3) is 6.01. The minimum Gasteiger partial charge on any atom is -0.493 e. The molecular formula is C16H19BrN4O4. The summed E-state index contributed by atoms with van der Waals surface area (Å²) < 4.78 is 16.5. The van der Waals surface area contributed by atoms with Crippen LogP contribution in [0, 0.1) is 11.3 Å². The van der Waals surface area contributed by atoms with E-state index in [-0.39, 0.29) is 19.1 Å². The lowest BCUT2D eigenvalue weighted by atomic mass is 10.2. The van der Waals surface area contributed by atoms with Crippen molar-refractivity contribution in [3.8, 4) is 17.6 Å². The van der Waals surface area contributed by atoms with Crippen molar-refractivity contribution in [3.05, 3.63) is 22.2 Å². The molecule has 134 valence electrons. The SMILES string of the molecule is COc1cc(/C=N/NC(=O)CN2CCOCC2)c(Br)cc1OCC#N. The Labute approximate surface area is 154 Å². The fourth-order valence-corrected chi connectivity index (χ4v) is 2.63. The molecule has 1 aromatic rings. The van der Waals surface area contributed by atoms with Crippen LogP contribution in [0.25, 0.3) is 0 Å². The van der Waals surface area contributed by atoms with Gasteiger partial charge in [0.15, 0.2) is 18.1 Å². The number of hydrogen-bond donors (Lipinski definition) is 1. The smallest absolute Gasteiger partial charge is 0.254 e. The van der Waals surface area contributed by atoms with E-state index in [1.54, 1.807) is 12.1 Å². The second-order valence-electron chi connectivity index (χ2n) is 5.15. The van der Waals surface area contributed by atoms with Crippen LogP contribution in [0.2, 0.25) is 0 Å². The maximum Gasteiger partial charge on any atom is 0.254 e. The molecule has 9 heteroatoms. The molecule has 1 N–H and O–H groups in total. The number of halogens is 1. The number of ether oxygens (including phenoxy) is 3. The van der Waals surface area contributed by atoms with Crippen LogP contribution >= 0.6 is 15.9 Å². The highest BCUT2D eigenvalue weighted by molar-refractivity contribution is 9.10. The van der Waals surface area contributed by atoms with Gasteiger partial charge in [0.05, 0.1) is 33.1 Å². The number of rotatable bonds is 7. The van der Waals surface area contributed by atoms with E-state index in [2.05, 4.69) is 26.5 Å². The molecule has 25 heavy (non-hydrogen) atoms. The number of benzene rings is 1. The molecule has 0 saturated carbocycles. The Bertz CT molecular complexity index is 669. The summed E-state index contributed by atoms with van der Waals surface area (Å²) in [5.41, 5.74) is 3.21. The summed E-state index contributed by atoms with van der Waals surface area (Å²) in [5, 5.41) is 12.6. The van der Waals surface area contributed by atoms with Crippen LogP contribution in [0.5, 0.6) is 11.5 Å². The van der Waals surface area contributed by atoms with Gasteiger partial charge < -0.3 is 14.2 Å². The third-order valence-electron chi connectivity index (χ3n) is 3.44. The Morgan fingerprint density at radius 1 is 1.48 bits per heavy atom. The fraction of sp³-hybridized carbons (Fsp3) is 0.438. The molecule has 1 amide bonds. The topological polar surface area (TPSA) is 96.2 Å². The number of nitriles is 1. The van der Waals surface area contributed by atoms with Crippen LogP contribution in [-0.4, -0.2) is 63.6 Å². The first-order valence-electron chi connectivity index (χ1n) is 7.63. The van der Waals surface area contributed by atoms with Crippen molar-refractivity contribution in [1.82, 2.24) is 10.3 Å². The lowest BCUT2D eigenvalue weighted by Crippen LogP contribution is -2.42. The summed E-state index contributed by atoms with van der Waals surface area (Å²) in [6.07, 6.45) is 1.51. The maximum atomic E-state index is 11.9. The molecule has 1 fully saturated rings. The van der Waals surface area contributed by atoms with Gasteiger partial charge in [-0.05, 0) is 28.1 Å². The number of hydrogen-bond acceptors (Lipinski definition) is 7. The van der Waals surface area contributed by atoms with E-state index in [4.69, 9.17) is 19.5 Å². The predicted octanol–water partition coefficient (Wildman–Crippen LogP) is 1.14. The quantitative estimate of drug-likeness (QED) is 0.534. The van der Waals surface area contributed by atoms with Gasteiger partial charge in [-0.25, -0.2) is 5.43 Å². The molecule has 0 spiro atoms. The van der Waals surface area contributed by atoms with Crippen LogP contribution in [0.1, 0.15) is 5.56 Å². The Morgan fingerprint density at radius 3 is 2.92 bits per heavy atom. The zero-order chi connectivity index (χ0) is 18.1. The molecule has 8 nitrogen and oxygen atoms in total. The average Bonchev–Trinajstić information content (AvgIpc) is 2.62. The highest BCUT2D eigenvalue weighted by atomic mass is 79.9. The van der Waals surface area contributed by atoms with Gasteiger partial charge >= 0.3 is 0 Å². The number of nitrogens with one attached hydrogen (secondary N) is 1. The van der Waals surface area contributed by atoms with Crippen LogP contribution < -0.4 is 14.9 Å². The highest BCUT2D eigenvalue weighted by Crippen LogP contribution is 2.32. The molecule has 0 bridgehead atoms. The molecule has 2 rings (SSSR count). The van der Waals surface area contributed by atoms with Gasteiger partial charge in [-0.15, -0.1) is 0 Å². The van der Waals surface area contributed by atoms with Crippen LogP contribution in [-0.2, 0) is 9.53 Å². The van der Waals surface area contributed by atoms with E-state index in [9.17, 15) is 4.79 Å². The zero-order valence-electron chi connectivity index (χ0n) is 13.8. The summed E-state index contributed by atoms with van der Waals surface area (Å²) in [7, 11) is 1.51. The molecule has 1 saturated heterocycles. The van der Waals surface area contributed by atoms with Crippen molar-refractivity contribution < 1.29 is 19.0 Å². The van der Waals surface area contributed by atoms with Gasteiger partial charge in [0.25, 0.3) is 5.91 Å². The fourth-order valence-electron chi connectivity index (χ4n) is 2.20. The van der Waals surface area contributed by atoms with E-state index >= 15 is 0 Å². The van der Waals surface area contributed by atoms with E-state index in [1.165, 1.54) is 13.3 Å². The summed E-state index contributed by atoms with van der Waals surface area (Å²) in [6, 6.07) is 5.29. The molecule has 1 aliphatic heterocycles. The summed E-state index contributed by atoms with van der Waals surface area (Å²) in [5.74, 6) is 0.735. The van der Waals surface area contributed by atoms with Crippen LogP contribution in [0.3, 0.4) is 0 Å². The van der Waals surface area contributed by atoms with Gasteiger partial charge in [0, 0.05) is 23.1 Å². The monoisotopic (exact) mass is 410 g/mol. The van der Waals surface area contributed by atoms with Crippen molar-refractivity contribution >= 4 is 28.1 Å². The minimum atomic E-state index is -0.185. The largest absolute Gasteiger partial charge is 0.493 e. The lowest BCUT2D eigenvalue weighted by molar-refractivity contribution is -0.123. The highest BCUT2D eigenvalue weighted by Gasteiger charge is 2.13. The number of hydrazone groups is 1. The molecule has 1 aromatic carbocycles. The number of amides is 1. The van der Waals surface area contributed by atoms with Gasteiger partial charge in [-0.3, -0.25) is 9.69 Å². The van der Waals surface area contributed by atoms with Crippen molar-refractivity contribution in [2.75, 3.05) is 46.6 Å². The zero-order valence-corrected chi connectivity index (χ0v) is 15.4. The predicted molar refractivity (Wildman–Crippen MR) is 94.8 cm³/mol. The van der Waals surface area contributed by atoms with E-state index in [0.29, 0.717) is 34.7 Å². The Kier molecular flexibility index (Phi) is 7.66. The normalized spacial score (nSPS) is 14.9. The number of carbonyl (C=O) groups excluding carboxylic acids is 1. The van der Waals surface area contributed by atoms with Crippen molar-refractivity contribution in [2.24, 2.45) is 5.10 Å². The molecule has 1 heterocycles. The van der Waals surface area contributed by atoms with E-state index in [0.717, 1.165) is 13.1 Å². The molecule has 0 radical (unpaired) electrons. The van der Waals surface area contributed by atoms with Crippen LogP contribution in [0.4, 0.5) is 0 Å². The molecule has 1 aliphatic rings. The van der Waals surface area contributed by atoms with Gasteiger partial charge in [0.2, 0.25) is 0 Å². The Hall–Kier alpha value is -2.15. The molecule has 0 unspecified atom stereocenters. The third-order valence-corrected chi connectivity index (χ3v) is 4.13. The number of methoxy groups -OCH3 is 1. The summed E-state index contributed by atoms with van der Waals surface area (Å²) >= 11 is 3.40. The van der Waals surface area contributed by atoms with Gasteiger partial charge in [-0.2, -0.15) is 10.4 Å². The first-order valence-corrected chi connectivity index (χ1v) is 8.42. The van der Waals surface area contributed by atoms with Gasteiger partial charge in [-0.1, -0.05) is 0 Å². The van der Waals surface area contributed by atoms with Crippen molar-refractivity contribution in [2.45, 2.75) is 0 Å². The second kappa shape index (κ2) is 9.98. The Balaban J connectivity index is 1.95. The molecule has 0 aromatic heterocycles. The summed E-state index contributed by atoms with van der Waals surface area (Å²) in [6.45, 7) is 2.97. The number of morpholine rings is 1. The minimum absolute atomic E-state index is 0.0756. The van der Waals surface area contributed by atoms with Crippen molar-refractivity contribution in [1.29, 1.82) is 5.26 Å². The molecule has 0 atom stereocenters. The maximum absolute atomic E-state index is 11.9. The lowest BCUT2D eigenvalue weighted by Gasteiger charge is -2.25. The first-order chi connectivity index (χ1) is 12.1. The van der Waals surface area contributed by atoms with Crippen LogP contribution in [0.15, 0.2) is 21.7 Å². The standard InChI is InChI=1S/C16H19BrN4O4/c1-23-14-8-12(13(17)9-15(14)25-5-2-18)10-19-20-16(22)11-21-3-6-24-7-4-21/h8-10H,3-7,11H2,1H3,(H,20,22)/b19-10+. The molecule has 0 aliphatic carbocycles. The van der Waals surface area contributed by atoms with Crippen molar-refractivity contribution in [3.63, 3.8) is 0 Å². The van der Waals surface area contributed by atoms with Gasteiger partial charge in [0.1, 0.15) is 6.07 Å². The number of carbonyl (C=O) groups is 1. The van der Waals surface area contributed by atoms with E-state index < -0.39 is 0 Å². The number of nitrogens with zero attached hydrogens (tertiary/aromatic N) is 3. The average molecular weight is 411 g/mol. The first kappa shape index (κ1) is 19.2. The van der Waals surface area contributed by atoms with E-state index in [1.807, 2.05) is 11.0 Å². The summed E-state index contributed by atoms with van der Waals surface area (Å²) in [4.78, 5) is 13.9.